The van der Waals surface area contributed by atoms with Crippen LogP contribution in [-0.2, 0) is 29.9 Å². The summed E-state index contributed by atoms with van der Waals surface area (Å²) < 4.78 is 31.7. The number of phosphoric ester groups is 1. The van der Waals surface area contributed by atoms with Crippen LogP contribution in [0.4, 0.5) is 0 Å². The fraction of sp³-hybridized carbons (Fsp3) is 0.615. The molecule has 0 unspecified atom stereocenters. The number of aromatic amines is 1. The number of hydrogen-bond donors (Lipinski definition) is 5. The first kappa shape index (κ1) is 21.0. The Bertz CT molecular complexity index is 926. The van der Waals surface area contributed by atoms with E-state index in [0.717, 1.165) is 0 Å². The topological polar surface area (TPSA) is 198 Å². The highest BCUT2D eigenvalue weighted by molar-refractivity contribution is 7.46. The van der Waals surface area contributed by atoms with Crippen molar-refractivity contribution in [2.24, 2.45) is 0 Å². The number of H-pyrrole nitrogens is 1. The Kier molecular flexibility index (Phi) is 6.24. The maximum atomic E-state index is 12.2. The molecular weight excluding hydrogens is 403 g/mol. The third-order valence-corrected chi connectivity index (χ3v) is 4.43. The van der Waals surface area contributed by atoms with Crippen LogP contribution in [0.3, 0.4) is 0 Å². The van der Waals surface area contributed by atoms with Crippen molar-refractivity contribution in [2.45, 2.75) is 31.1 Å². The van der Waals surface area contributed by atoms with Crippen molar-refractivity contribution in [3.8, 4) is 0 Å². The minimum Gasteiger partial charge on any atom is -0.387 e. The molecule has 3 rings (SSSR count). The lowest BCUT2D eigenvalue weighted by atomic mass is 10.1. The first-order chi connectivity index (χ1) is 13.2. The van der Waals surface area contributed by atoms with Crippen LogP contribution in [-0.4, -0.2) is 78.3 Å². The van der Waals surface area contributed by atoms with Gasteiger partial charge in [-0.15, -0.1) is 0 Å². The van der Waals surface area contributed by atoms with Crippen molar-refractivity contribution in [3.63, 3.8) is 0 Å². The normalized spacial score (nSPS) is 25.6. The number of ether oxygens (including phenoxy) is 3. The first-order valence-electron chi connectivity index (χ1n) is 7.95. The second-order valence-corrected chi connectivity index (χ2v) is 7.16. The molecule has 14 nitrogen and oxygen atoms in total. The number of fused-ring (bicyclic) bond motifs is 1. The number of imidazole rings is 1. The van der Waals surface area contributed by atoms with E-state index in [2.05, 4.69) is 19.5 Å². The Morgan fingerprint density at radius 2 is 2.11 bits per heavy atom. The van der Waals surface area contributed by atoms with Gasteiger partial charge in [-0.3, -0.25) is 13.9 Å². The highest BCUT2D eigenvalue weighted by Gasteiger charge is 2.45. The molecule has 15 heteroatoms. The first-order valence-corrected chi connectivity index (χ1v) is 9.48. The van der Waals surface area contributed by atoms with Crippen molar-refractivity contribution < 1.29 is 43.3 Å². The summed E-state index contributed by atoms with van der Waals surface area (Å²) in [5.74, 6) is 0.172. The third-order valence-electron chi connectivity index (χ3n) is 3.94. The molecule has 4 atom stereocenters. The van der Waals surface area contributed by atoms with Gasteiger partial charge in [0.15, 0.2) is 17.4 Å². The summed E-state index contributed by atoms with van der Waals surface area (Å²) in [7, 11) is -3.35. The van der Waals surface area contributed by atoms with E-state index in [4.69, 9.17) is 24.0 Å². The Hall–Kier alpha value is -1.74. The van der Waals surface area contributed by atoms with E-state index in [1.54, 1.807) is 0 Å². The lowest BCUT2D eigenvalue weighted by Crippen LogP contribution is -2.33. The van der Waals surface area contributed by atoms with Crippen LogP contribution < -0.4 is 5.56 Å². The molecule has 0 bridgehead atoms. The van der Waals surface area contributed by atoms with Crippen molar-refractivity contribution >= 4 is 19.0 Å². The van der Waals surface area contributed by atoms with E-state index >= 15 is 0 Å². The van der Waals surface area contributed by atoms with E-state index in [-0.39, 0.29) is 30.4 Å². The smallest absolute Gasteiger partial charge is 0.387 e. The molecule has 0 aliphatic carbocycles. The van der Waals surface area contributed by atoms with E-state index in [1.165, 1.54) is 18.0 Å². The van der Waals surface area contributed by atoms with Gasteiger partial charge in [0.2, 0.25) is 0 Å². The molecule has 28 heavy (non-hydrogen) atoms. The van der Waals surface area contributed by atoms with Crippen LogP contribution in [0.2, 0.25) is 0 Å². The van der Waals surface area contributed by atoms with Crippen LogP contribution in [0.15, 0.2) is 11.1 Å². The van der Waals surface area contributed by atoms with Crippen molar-refractivity contribution in [2.75, 3.05) is 20.5 Å². The van der Waals surface area contributed by atoms with Gasteiger partial charge in [0.25, 0.3) is 5.56 Å². The van der Waals surface area contributed by atoms with Gasteiger partial charge in [-0.05, 0) is 0 Å². The molecule has 156 valence electrons. The van der Waals surface area contributed by atoms with Crippen LogP contribution in [0.25, 0.3) is 11.2 Å². The van der Waals surface area contributed by atoms with Crippen molar-refractivity contribution in [3.05, 3.63) is 22.5 Å². The molecule has 1 fully saturated rings. The van der Waals surface area contributed by atoms with E-state index in [1.807, 2.05) is 0 Å². The van der Waals surface area contributed by atoms with Gasteiger partial charge < -0.3 is 39.2 Å². The molecule has 3 heterocycles. The molecule has 0 spiro atoms. The summed E-state index contributed by atoms with van der Waals surface area (Å²) in [6, 6.07) is 0. The number of methoxy groups -OCH3 is 1. The zero-order chi connectivity index (χ0) is 20.5. The minimum atomic E-state index is -4.78. The molecule has 1 aliphatic rings. The molecule has 0 amide bonds. The number of phosphoric acid groups is 1. The maximum Gasteiger partial charge on any atom is 0.469 e. The number of nitrogens with zero attached hydrogens (tertiary/aromatic N) is 3. The largest absolute Gasteiger partial charge is 0.469 e. The van der Waals surface area contributed by atoms with Gasteiger partial charge >= 0.3 is 7.82 Å². The Labute approximate surface area is 156 Å². The second kappa shape index (κ2) is 8.32. The molecule has 2 aromatic rings. The quantitative estimate of drug-likeness (QED) is 0.178. The molecule has 1 aliphatic heterocycles. The summed E-state index contributed by atoms with van der Waals surface area (Å²) in [6.07, 6.45) is -4.24. The van der Waals surface area contributed by atoms with E-state index in [0.29, 0.717) is 0 Å². The summed E-state index contributed by atoms with van der Waals surface area (Å²) in [5, 5.41) is 20.4. The molecule has 0 aromatic carbocycles. The SMILES string of the molecule is COCOCc1nc2c(ncn2[C@H]2O[C@@H](COP(=O)(O)O)[C@H](O)[C@@H]2O)c(=O)[nH]1. The maximum absolute atomic E-state index is 12.2. The Morgan fingerprint density at radius 3 is 2.79 bits per heavy atom. The monoisotopic (exact) mass is 422 g/mol. The van der Waals surface area contributed by atoms with E-state index < -0.39 is 44.5 Å². The predicted molar refractivity (Wildman–Crippen MR) is 88.7 cm³/mol. The zero-order valence-corrected chi connectivity index (χ0v) is 15.4. The summed E-state index contributed by atoms with van der Waals surface area (Å²) in [4.78, 5) is 40.4. The van der Waals surface area contributed by atoms with Gasteiger partial charge in [-0.2, -0.15) is 0 Å². The van der Waals surface area contributed by atoms with Gasteiger partial charge in [-0.1, -0.05) is 0 Å². The van der Waals surface area contributed by atoms with Gasteiger partial charge in [0, 0.05) is 7.11 Å². The van der Waals surface area contributed by atoms with Crippen molar-refractivity contribution in [1.29, 1.82) is 0 Å². The summed E-state index contributed by atoms with van der Waals surface area (Å²) in [5.41, 5.74) is -0.516. The Morgan fingerprint density at radius 1 is 1.36 bits per heavy atom. The minimum absolute atomic E-state index is 0.0150. The van der Waals surface area contributed by atoms with Gasteiger partial charge in [0.1, 0.15) is 37.5 Å². The number of aliphatic hydroxyl groups excluding tert-OH is 2. The number of rotatable bonds is 8. The summed E-state index contributed by atoms with van der Waals surface area (Å²) in [6.45, 7) is -0.728. The summed E-state index contributed by atoms with van der Waals surface area (Å²) >= 11 is 0. The average molecular weight is 422 g/mol. The van der Waals surface area contributed by atoms with Crippen LogP contribution in [0.5, 0.6) is 0 Å². The predicted octanol–water partition coefficient (Wildman–Crippen LogP) is -2.03. The van der Waals surface area contributed by atoms with Crippen LogP contribution >= 0.6 is 7.82 Å². The van der Waals surface area contributed by atoms with Crippen LogP contribution in [0.1, 0.15) is 12.1 Å². The highest BCUT2D eigenvalue weighted by atomic mass is 31.2. The van der Waals surface area contributed by atoms with Crippen LogP contribution in [0, 0.1) is 0 Å². The number of aliphatic hydroxyl groups is 2. The van der Waals surface area contributed by atoms with Crippen molar-refractivity contribution in [1.82, 2.24) is 19.5 Å². The fourth-order valence-electron chi connectivity index (χ4n) is 2.72. The molecule has 2 aromatic heterocycles. The number of aromatic nitrogens is 4. The number of hydrogen-bond acceptors (Lipinski definition) is 10. The fourth-order valence-corrected chi connectivity index (χ4v) is 3.06. The Balaban J connectivity index is 1.86. The third kappa shape index (κ3) is 4.46. The molecular formula is C13H19N4O10P. The van der Waals surface area contributed by atoms with Gasteiger partial charge in [-0.25, -0.2) is 14.5 Å². The molecule has 5 N–H and O–H groups in total. The number of nitrogens with one attached hydrogen (secondary N) is 1. The molecule has 0 saturated carbocycles. The average Bonchev–Trinajstić information content (AvgIpc) is 3.15. The molecule has 0 radical (unpaired) electrons. The lowest BCUT2D eigenvalue weighted by Gasteiger charge is -2.16. The second-order valence-electron chi connectivity index (χ2n) is 5.92. The lowest BCUT2D eigenvalue weighted by molar-refractivity contribution is -0.0505. The van der Waals surface area contributed by atoms with E-state index in [9.17, 15) is 19.6 Å². The standard InChI is InChI=1S/C13H19N4O10P/c1-24-5-25-3-7-15-11-8(12(20)16-7)14-4-17(11)13-10(19)9(18)6(27-13)2-26-28(21,22)23/h4,6,9-10,13,18-19H,2-3,5H2,1H3,(H,15,16,20)(H2,21,22,23)/t6-,9-,10-,13-/m0/s1. The molecule has 1 saturated heterocycles. The zero-order valence-electron chi connectivity index (χ0n) is 14.5. The van der Waals surface area contributed by atoms with Gasteiger partial charge in [0.05, 0.1) is 12.9 Å². The highest BCUT2D eigenvalue weighted by Crippen LogP contribution is 2.38.